The molecule has 1 amide bonds. The van der Waals surface area contributed by atoms with Gasteiger partial charge in [0.25, 0.3) is 0 Å². The Bertz CT molecular complexity index is 309. The molecule has 23 heavy (non-hydrogen) atoms. The molecule has 0 rings (SSSR count). The van der Waals surface area contributed by atoms with Crippen molar-refractivity contribution in [1.82, 2.24) is 0 Å². The molecule has 5 nitrogen and oxygen atoms in total. The fourth-order valence-electron chi connectivity index (χ4n) is 2.46. The number of hydrogen-bond acceptors (Lipinski definition) is 4. The molecule has 0 heterocycles. The Balaban J connectivity index is 3.22. The lowest BCUT2D eigenvalue weighted by Gasteiger charge is -2.11. The second kappa shape index (κ2) is 16.0. The van der Waals surface area contributed by atoms with Gasteiger partial charge in [-0.2, -0.15) is 0 Å². The predicted molar refractivity (Wildman–Crippen MR) is 94.8 cm³/mol. The van der Waals surface area contributed by atoms with Crippen LogP contribution in [0.25, 0.3) is 0 Å². The molecule has 6 N–H and O–H groups in total. The van der Waals surface area contributed by atoms with Crippen LogP contribution in [-0.4, -0.2) is 34.9 Å². The van der Waals surface area contributed by atoms with Gasteiger partial charge in [0.2, 0.25) is 5.91 Å². The second-order valence-electron chi connectivity index (χ2n) is 6.31. The molecule has 5 heteroatoms. The molecule has 0 aromatic heterocycles. The summed E-state index contributed by atoms with van der Waals surface area (Å²) in [5.41, 5.74) is 10.6. The molecule has 0 aromatic rings. The number of aliphatic hydroxyl groups excluding tert-OH is 2. The van der Waals surface area contributed by atoms with Crippen molar-refractivity contribution in [3.8, 4) is 0 Å². The molecular weight excluding hydrogens is 292 g/mol. The maximum absolute atomic E-state index is 10.6. The van der Waals surface area contributed by atoms with Gasteiger partial charge in [0, 0.05) is 6.42 Å². The summed E-state index contributed by atoms with van der Waals surface area (Å²) in [6.07, 6.45) is 16.3. The highest BCUT2D eigenvalue weighted by atomic mass is 16.3. The molecule has 0 aliphatic carbocycles. The van der Waals surface area contributed by atoms with Crippen LogP contribution in [0.3, 0.4) is 0 Å². The van der Waals surface area contributed by atoms with Crippen LogP contribution in [-0.2, 0) is 4.79 Å². The lowest BCUT2D eigenvalue weighted by molar-refractivity contribution is -0.118. The van der Waals surface area contributed by atoms with Crippen LogP contribution in [0.5, 0.6) is 0 Å². The van der Waals surface area contributed by atoms with Gasteiger partial charge in [-0.1, -0.05) is 63.5 Å². The van der Waals surface area contributed by atoms with E-state index in [0.717, 1.165) is 25.7 Å². The van der Waals surface area contributed by atoms with Crippen LogP contribution in [0.2, 0.25) is 0 Å². The summed E-state index contributed by atoms with van der Waals surface area (Å²) in [6, 6.07) is -0.581. The number of nitrogens with two attached hydrogens (primary N) is 2. The minimum absolute atomic E-state index is 0.189. The first-order valence-corrected chi connectivity index (χ1v) is 9.07. The van der Waals surface area contributed by atoms with E-state index in [4.69, 9.17) is 16.6 Å². The zero-order valence-electron chi connectivity index (χ0n) is 14.5. The van der Waals surface area contributed by atoms with E-state index in [2.05, 4.69) is 0 Å². The Morgan fingerprint density at radius 2 is 1.39 bits per heavy atom. The molecule has 2 atom stereocenters. The third-order valence-electron chi connectivity index (χ3n) is 4.03. The third kappa shape index (κ3) is 15.8. The van der Waals surface area contributed by atoms with Crippen molar-refractivity contribution < 1.29 is 15.0 Å². The van der Waals surface area contributed by atoms with E-state index in [-0.39, 0.29) is 12.5 Å². The van der Waals surface area contributed by atoms with E-state index in [0.29, 0.717) is 6.42 Å². The number of rotatable bonds is 16. The van der Waals surface area contributed by atoms with Crippen molar-refractivity contribution in [1.29, 1.82) is 0 Å². The van der Waals surface area contributed by atoms with Gasteiger partial charge in [-0.25, -0.2) is 0 Å². The molecule has 0 radical (unpaired) electrons. The Morgan fingerprint density at radius 1 is 0.913 bits per heavy atom. The summed E-state index contributed by atoms with van der Waals surface area (Å²) in [6.45, 7) is -0.198. The van der Waals surface area contributed by atoms with Crippen molar-refractivity contribution in [3.63, 3.8) is 0 Å². The lowest BCUT2D eigenvalue weighted by Crippen LogP contribution is -2.36. The maximum atomic E-state index is 10.6. The Kier molecular flexibility index (Phi) is 15.3. The Hall–Kier alpha value is -0.910. The predicted octanol–water partition coefficient (Wildman–Crippen LogP) is 2.39. The molecule has 0 aliphatic rings. The van der Waals surface area contributed by atoms with Crippen molar-refractivity contribution >= 4 is 5.91 Å². The zero-order valence-corrected chi connectivity index (χ0v) is 14.5. The van der Waals surface area contributed by atoms with E-state index < -0.39 is 12.1 Å². The summed E-state index contributed by atoms with van der Waals surface area (Å²) in [5, 5.41) is 18.3. The van der Waals surface area contributed by atoms with Crippen LogP contribution < -0.4 is 11.5 Å². The smallest absolute Gasteiger partial charge is 0.217 e. The van der Waals surface area contributed by atoms with Crippen LogP contribution in [0.4, 0.5) is 0 Å². The third-order valence-corrected chi connectivity index (χ3v) is 4.03. The molecule has 0 aromatic carbocycles. The SMILES string of the molecule is NC(=O)CCCCCCCCCCCCC=CC(O)C(N)CO. The molecule has 0 saturated heterocycles. The monoisotopic (exact) mass is 328 g/mol. The number of allylic oxidation sites excluding steroid dienone is 1. The van der Waals surface area contributed by atoms with Gasteiger partial charge in [-0.15, -0.1) is 0 Å². The summed E-state index contributed by atoms with van der Waals surface area (Å²) >= 11 is 0. The van der Waals surface area contributed by atoms with Gasteiger partial charge >= 0.3 is 0 Å². The lowest BCUT2D eigenvalue weighted by atomic mass is 10.0. The fourth-order valence-corrected chi connectivity index (χ4v) is 2.46. The van der Waals surface area contributed by atoms with Crippen molar-refractivity contribution in [2.75, 3.05) is 6.61 Å². The summed E-state index contributed by atoms with van der Waals surface area (Å²) in [7, 11) is 0. The first kappa shape index (κ1) is 22.1. The minimum Gasteiger partial charge on any atom is -0.395 e. The van der Waals surface area contributed by atoms with E-state index in [1.165, 1.54) is 44.9 Å². The molecule has 0 bridgehead atoms. The van der Waals surface area contributed by atoms with Crippen molar-refractivity contribution in [2.24, 2.45) is 11.5 Å². The number of amides is 1. The molecular formula is C18H36N2O3. The average Bonchev–Trinajstić information content (AvgIpc) is 2.53. The van der Waals surface area contributed by atoms with Gasteiger partial charge < -0.3 is 21.7 Å². The van der Waals surface area contributed by atoms with E-state index in [1.54, 1.807) is 6.08 Å². The zero-order chi connectivity index (χ0) is 17.3. The Labute approximate surface area is 141 Å². The standard InChI is InChI=1S/C18H36N2O3/c19-16(15-21)17(22)13-11-9-7-5-3-1-2-4-6-8-10-12-14-18(20)23/h11,13,16-17,21-22H,1-10,12,14-15,19H2,(H2,20,23). The van der Waals surface area contributed by atoms with Gasteiger partial charge in [0.1, 0.15) is 0 Å². The number of carbonyl (C=O) groups excluding carboxylic acids is 1. The van der Waals surface area contributed by atoms with Gasteiger partial charge in [0.05, 0.1) is 18.8 Å². The second-order valence-corrected chi connectivity index (χ2v) is 6.31. The van der Waals surface area contributed by atoms with E-state index in [9.17, 15) is 9.90 Å². The molecule has 0 aliphatic heterocycles. The normalized spacial score (nSPS) is 14.2. The highest BCUT2D eigenvalue weighted by Crippen LogP contribution is 2.12. The maximum Gasteiger partial charge on any atom is 0.217 e. The van der Waals surface area contributed by atoms with Gasteiger partial charge in [-0.3, -0.25) is 4.79 Å². The average molecular weight is 328 g/mol. The topological polar surface area (TPSA) is 110 Å². The molecule has 2 unspecified atom stereocenters. The van der Waals surface area contributed by atoms with Crippen LogP contribution >= 0.6 is 0 Å². The molecule has 0 fully saturated rings. The van der Waals surface area contributed by atoms with E-state index >= 15 is 0 Å². The number of unbranched alkanes of at least 4 members (excludes halogenated alkanes) is 10. The minimum atomic E-state index is -0.747. The van der Waals surface area contributed by atoms with Crippen molar-refractivity contribution in [3.05, 3.63) is 12.2 Å². The number of primary amides is 1. The summed E-state index contributed by atoms with van der Waals surface area (Å²) in [4.78, 5) is 10.6. The van der Waals surface area contributed by atoms with Crippen LogP contribution in [0.1, 0.15) is 77.0 Å². The largest absolute Gasteiger partial charge is 0.395 e. The number of hydrogen-bond donors (Lipinski definition) is 4. The quantitative estimate of drug-likeness (QED) is 0.257. The van der Waals surface area contributed by atoms with Gasteiger partial charge in [0.15, 0.2) is 0 Å². The first-order chi connectivity index (χ1) is 11.1. The Morgan fingerprint density at radius 3 is 1.87 bits per heavy atom. The number of carbonyl (C=O) groups is 1. The number of aliphatic hydroxyl groups is 2. The molecule has 0 saturated carbocycles. The van der Waals surface area contributed by atoms with Gasteiger partial charge in [-0.05, 0) is 19.3 Å². The van der Waals surface area contributed by atoms with Crippen LogP contribution in [0.15, 0.2) is 12.2 Å². The summed E-state index contributed by atoms with van der Waals surface area (Å²) in [5.74, 6) is -0.189. The first-order valence-electron chi connectivity index (χ1n) is 9.07. The molecule has 0 spiro atoms. The summed E-state index contributed by atoms with van der Waals surface area (Å²) < 4.78 is 0. The highest BCUT2D eigenvalue weighted by molar-refractivity contribution is 5.73. The highest BCUT2D eigenvalue weighted by Gasteiger charge is 2.08. The molecule has 136 valence electrons. The van der Waals surface area contributed by atoms with E-state index in [1.807, 2.05) is 6.08 Å². The van der Waals surface area contributed by atoms with Crippen LogP contribution in [0, 0.1) is 0 Å². The van der Waals surface area contributed by atoms with Crippen molar-refractivity contribution in [2.45, 2.75) is 89.2 Å². The fraction of sp³-hybridized carbons (Fsp3) is 0.833.